The molecule has 0 nitrogen and oxygen atoms in total. The Morgan fingerprint density at radius 1 is 1.25 bits per heavy atom. The molecular formula is C5H14BrClS. The molecule has 0 rings (SSSR count). The predicted molar refractivity (Wildman–Crippen MR) is 50.9 cm³/mol. The van der Waals surface area contributed by atoms with Crippen molar-refractivity contribution in [2.75, 3.05) is 5.88 Å². The summed E-state index contributed by atoms with van der Waals surface area (Å²) in [5.41, 5.74) is 0. The Morgan fingerprint density at radius 2 is 1.75 bits per heavy atom. The Balaban J connectivity index is -0.000000125. The van der Waals surface area contributed by atoms with Crippen molar-refractivity contribution < 1.29 is 0 Å². The normalized spacial score (nSPS) is 6.75. The minimum atomic E-state index is 0. The lowest BCUT2D eigenvalue weighted by Crippen LogP contribution is -1.70. The fourth-order valence-corrected chi connectivity index (χ4v) is 0.533. The number of hydrogen-bond acceptors (Lipinski definition) is 0. The first kappa shape index (κ1) is 16.1. The van der Waals surface area contributed by atoms with E-state index in [4.69, 9.17) is 11.6 Å². The molecule has 0 aromatic heterocycles. The van der Waals surface area contributed by atoms with E-state index >= 15 is 0 Å². The van der Waals surface area contributed by atoms with Crippen molar-refractivity contribution in [2.24, 2.45) is 0 Å². The van der Waals surface area contributed by atoms with Crippen LogP contribution in [0, 0.1) is 0 Å². The van der Waals surface area contributed by atoms with Gasteiger partial charge in [-0.25, -0.2) is 0 Å². The molecule has 0 bridgehead atoms. The van der Waals surface area contributed by atoms with Crippen molar-refractivity contribution in [3.8, 4) is 0 Å². The Labute approximate surface area is 74.2 Å². The number of rotatable bonds is 3. The van der Waals surface area contributed by atoms with Crippen molar-refractivity contribution in [2.45, 2.75) is 26.2 Å². The predicted octanol–water partition coefficient (Wildman–Crippen LogP) is 3.11. The van der Waals surface area contributed by atoms with E-state index in [2.05, 4.69) is 6.92 Å². The summed E-state index contributed by atoms with van der Waals surface area (Å²) in [6.07, 6.45) is 3.73. The molecule has 0 unspecified atom stereocenters. The van der Waals surface area contributed by atoms with E-state index in [9.17, 15) is 0 Å². The Bertz CT molecular complexity index is 24.4. The Hall–Kier alpha value is 1.12. The van der Waals surface area contributed by atoms with Gasteiger partial charge >= 0.3 is 0 Å². The average molecular weight is 222 g/mol. The minimum absolute atomic E-state index is 0. The Kier molecular flexibility index (Phi) is 31.5. The van der Waals surface area contributed by atoms with Crippen LogP contribution in [0.2, 0.25) is 0 Å². The number of alkyl halides is 1. The maximum absolute atomic E-state index is 5.38. The molecule has 0 heterocycles. The van der Waals surface area contributed by atoms with Gasteiger partial charge in [0, 0.05) is 5.88 Å². The molecule has 3 heteroatoms. The van der Waals surface area contributed by atoms with Gasteiger partial charge in [-0.1, -0.05) is 19.8 Å². The van der Waals surface area contributed by atoms with E-state index in [1.807, 2.05) is 0 Å². The standard InChI is InChI=1S/C5H11Cl.BrH.H2S/c1-2-3-4-5-6;;/h2-5H2,1H3;1H;1H2. The third-order valence-electron chi connectivity index (χ3n) is 0.737. The quantitative estimate of drug-likeness (QED) is 0.507. The van der Waals surface area contributed by atoms with Gasteiger partial charge in [0.1, 0.15) is 0 Å². The molecule has 0 atom stereocenters. The zero-order chi connectivity index (χ0) is 4.83. The van der Waals surface area contributed by atoms with Gasteiger partial charge in [0.15, 0.2) is 0 Å². The maximum atomic E-state index is 5.38. The molecule has 0 N–H and O–H groups in total. The second kappa shape index (κ2) is 15.7. The van der Waals surface area contributed by atoms with Crippen LogP contribution >= 0.6 is 42.1 Å². The van der Waals surface area contributed by atoms with Crippen LogP contribution in [-0.4, -0.2) is 5.88 Å². The molecule has 0 amide bonds. The summed E-state index contributed by atoms with van der Waals surface area (Å²) in [5.74, 6) is 0.827. The first-order valence-electron chi connectivity index (χ1n) is 2.47. The summed E-state index contributed by atoms with van der Waals surface area (Å²) in [4.78, 5) is 0. The number of hydrogen-bond donors (Lipinski definition) is 0. The zero-order valence-corrected chi connectivity index (χ0v) is 8.58. The lowest BCUT2D eigenvalue weighted by Gasteiger charge is -1.84. The molecule has 0 radical (unpaired) electrons. The summed E-state index contributed by atoms with van der Waals surface area (Å²) in [6, 6.07) is 0. The average Bonchev–Trinajstić information content (AvgIpc) is 1.61. The zero-order valence-electron chi connectivity index (χ0n) is 5.11. The third-order valence-corrected chi connectivity index (χ3v) is 1.00. The topological polar surface area (TPSA) is 0 Å². The van der Waals surface area contributed by atoms with E-state index in [0.717, 1.165) is 5.88 Å². The highest BCUT2D eigenvalue weighted by Crippen LogP contribution is 1.93. The van der Waals surface area contributed by atoms with Gasteiger partial charge in [-0.05, 0) is 6.42 Å². The van der Waals surface area contributed by atoms with Crippen LogP contribution in [-0.2, 0) is 0 Å². The van der Waals surface area contributed by atoms with Crippen molar-refractivity contribution >= 4 is 42.1 Å². The first-order valence-corrected chi connectivity index (χ1v) is 3.01. The second-order valence-corrected chi connectivity index (χ2v) is 1.77. The lowest BCUT2D eigenvalue weighted by atomic mass is 10.3. The highest BCUT2D eigenvalue weighted by atomic mass is 79.9. The fraction of sp³-hybridized carbons (Fsp3) is 1.00. The van der Waals surface area contributed by atoms with Crippen LogP contribution in [0.5, 0.6) is 0 Å². The molecule has 0 aliphatic heterocycles. The summed E-state index contributed by atoms with van der Waals surface area (Å²) in [5, 5.41) is 0. The Morgan fingerprint density at radius 3 is 1.88 bits per heavy atom. The molecule has 8 heavy (non-hydrogen) atoms. The highest BCUT2D eigenvalue weighted by Gasteiger charge is 1.76. The van der Waals surface area contributed by atoms with Gasteiger partial charge in [-0.15, -0.1) is 28.6 Å². The molecule has 0 spiro atoms. The first-order chi connectivity index (χ1) is 2.91. The van der Waals surface area contributed by atoms with Crippen LogP contribution in [0.15, 0.2) is 0 Å². The van der Waals surface area contributed by atoms with Crippen LogP contribution in [0.25, 0.3) is 0 Å². The van der Waals surface area contributed by atoms with Crippen molar-refractivity contribution in [1.82, 2.24) is 0 Å². The molecule has 0 aliphatic rings. The van der Waals surface area contributed by atoms with E-state index in [1.165, 1.54) is 19.3 Å². The third kappa shape index (κ3) is 15.7. The number of unbranched alkanes of at least 4 members (excludes halogenated alkanes) is 2. The molecule has 0 saturated heterocycles. The summed E-state index contributed by atoms with van der Waals surface area (Å²) in [7, 11) is 0. The van der Waals surface area contributed by atoms with Gasteiger partial charge in [-0.2, -0.15) is 13.5 Å². The van der Waals surface area contributed by atoms with E-state index < -0.39 is 0 Å². The van der Waals surface area contributed by atoms with Gasteiger partial charge in [0.25, 0.3) is 0 Å². The fourth-order valence-electron chi connectivity index (χ4n) is 0.344. The van der Waals surface area contributed by atoms with Crippen LogP contribution < -0.4 is 0 Å². The molecule has 0 fully saturated rings. The molecule has 0 saturated carbocycles. The van der Waals surface area contributed by atoms with Crippen LogP contribution in [0.1, 0.15) is 26.2 Å². The van der Waals surface area contributed by atoms with Crippen molar-refractivity contribution in [1.29, 1.82) is 0 Å². The van der Waals surface area contributed by atoms with Crippen LogP contribution in [0.4, 0.5) is 0 Å². The van der Waals surface area contributed by atoms with Crippen molar-refractivity contribution in [3.05, 3.63) is 0 Å². The lowest BCUT2D eigenvalue weighted by molar-refractivity contribution is 0.776. The monoisotopic (exact) mass is 220 g/mol. The molecule has 54 valence electrons. The SMILES string of the molecule is Br.CCCCCCl.S. The number of halogens is 2. The molecule has 0 aromatic carbocycles. The van der Waals surface area contributed by atoms with Gasteiger partial charge in [0.2, 0.25) is 0 Å². The smallest absolute Gasteiger partial charge is 0.0223 e. The summed E-state index contributed by atoms with van der Waals surface area (Å²) in [6.45, 7) is 2.17. The highest BCUT2D eigenvalue weighted by molar-refractivity contribution is 8.93. The van der Waals surface area contributed by atoms with E-state index in [1.54, 1.807) is 0 Å². The van der Waals surface area contributed by atoms with Crippen LogP contribution in [0.3, 0.4) is 0 Å². The van der Waals surface area contributed by atoms with Gasteiger partial charge in [-0.3, -0.25) is 0 Å². The second-order valence-electron chi connectivity index (χ2n) is 1.40. The largest absolute Gasteiger partial charge is 0.197 e. The van der Waals surface area contributed by atoms with Gasteiger partial charge in [0.05, 0.1) is 0 Å². The van der Waals surface area contributed by atoms with E-state index in [0.29, 0.717) is 0 Å². The minimum Gasteiger partial charge on any atom is -0.197 e. The van der Waals surface area contributed by atoms with E-state index in [-0.39, 0.29) is 30.5 Å². The summed E-state index contributed by atoms with van der Waals surface area (Å²) >= 11 is 5.38. The van der Waals surface area contributed by atoms with Crippen molar-refractivity contribution in [3.63, 3.8) is 0 Å². The van der Waals surface area contributed by atoms with Gasteiger partial charge < -0.3 is 0 Å². The molecular weight excluding hydrogens is 207 g/mol. The molecule has 0 aliphatic carbocycles. The summed E-state index contributed by atoms with van der Waals surface area (Å²) < 4.78 is 0. The molecule has 0 aromatic rings. The maximum Gasteiger partial charge on any atom is 0.0223 e.